The number of carbonyl (C=O) groups is 1. The van der Waals surface area contributed by atoms with Gasteiger partial charge in [-0.05, 0) is 12.8 Å². The number of rotatable bonds is 5. The third-order valence-electron chi connectivity index (χ3n) is 2.39. The lowest BCUT2D eigenvalue weighted by molar-refractivity contribution is -0.119. The topological polar surface area (TPSA) is 74.7 Å². The van der Waals surface area contributed by atoms with Crippen molar-refractivity contribution in [2.75, 3.05) is 24.7 Å². The zero-order valence-corrected chi connectivity index (χ0v) is 8.74. The summed E-state index contributed by atoms with van der Waals surface area (Å²) in [6.45, 7) is 0.448. The largest absolute Gasteiger partial charge is 0.396 e. The Morgan fingerprint density at radius 1 is 1.50 bits per heavy atom. The van der Waals surface area contributed by atoms with E-state index in [1.54, 1.807) is 0 Å². The lowest BCUT2D eigenvalue weighted by Gasteiger charge is -2.22. The Bertz CT molecular complexity index is 288. The Kier molecular flexibility index (Phi) is 3.88. The third-order valence-corrected chi connectivity index (χ3v) is 4.14. The second-order valence-corrected chi connectivity index (χ2v) is 5.71. The number of aliphatic hydroxyl groups excluding tert-OH is 1. The van der Waals surface area contributed by atoms with Crippen LogP contribution in [0.25, 0.3) is 0 Å². The van der Waals surface area contributed by atoms with Gasteiger partial charge in [-0.2, -0.15) is 0 Å². The minimum absolute atomic E-state index is 0.0177. The van der Waals surface area contributed by atoms with Crippen molar-refractivity contribution in [1.29, 1.82) is 0 Å². The Hall–Kier alpha value is -0.620. The SMILES string of the molecule is O=CN(CCCO)[C@@H]1CCS(=O)(=O)C1. The molecule has 1 saturated heterocycles. The van der Waals surface area contributed by atoms with Crippen molar-refractivity contribution in [3.8, 4) is 0 Å². The van der Waals surface area contributed by atoms with Crippen LogP contribution in [0.3, 0.4) is 0 Å². The first kappa shape index (κ1) is 11.5. The van der Waals surface area contributed by atoms with E-state index >= 15 is 0 Å². The normalized spacial score (nSPS) is 24.8. The second kappa shape index (κ2) is 4.75. The highest BCUT2D eigenvalue weighted by Gasteiger charge is 2.31. The maximum absolute atomic E-state index is 11.1. The summed E-state index contributed by atoms with van der Waals surface area (Å²) in [5.74, 6) is 0.234. The van der Waals surface area contributed by atoms with E-state index in [-0.39, 0.29) is 24.2 Å². The highest BCUT2D eigenvalue weighted by atomic mass is 32.2. The van der Waals surface area contributed by atoms with Crippen molar-refractivity contribution in [2.45, 2.75) is 18.9 Å². The average molecular weight is 221 g/mol. The molecular formula is C8H15NO4S. The van der Waals surface area contributed by atoms with Crippen molar-refractivity contribution in [3.05, 3.63) is 0 Å². The predicted molar refractivity (Wildman–Crippen MR) is 51.5 cm³/mol. The highest BCUT2D eigenvalue weighted by molar-refractivity contribution is 7.91. The zero-order valence-electron chi connectivity index (χ0n) is 7.92. The summed E-state index contributed by atoms with van der Waals surface area (Å²) in [4.78, 5) is 12.1. The van der Waals surface area contributed by atoms with Crippen LogP contribution in [-0.2, 0) is 14.6 Å². The molecule has 0 saturated carbocycles. The Morgan fingerprint density at radius 2 is 2.21 bits per heavy atom. The minimum atomic E-state index is -2.94. The van der Waals surface area contributed by atoms with Gasteiger partial charge in [0.2, 0.25) is 6.41 Å². The van der Waals surface area contributed by atoms with E-state index in [2.05, 4.69) is 0 Å². The molecule has 14 heavy (non-hydrogen) atoms. The molecule has 0 aromatic carbocycles. The number of amides is 1. The van der Waals surface area contributed by atoms with Gasteiger partial charge in [-0.1, -0.05) is 0 Å². The predicted octanol–water partition coefficient (Wildman–Crippen LogP) is -0.986. The van der Waals surface area contributed by atoms with Gasteiger partial charge in [0.25, 0.3) is 0 Å². The average Bonchev–Trinajstić information content (AvgIpc) is 2.48. The Morgan fingerprint density at radius 3 is 2.64 bits per heavy atom. The number of sulfone groups is 1. The van der Waals surface area contributed by atoms with E-state index in [1.807, 2.05) is 0 Å². The van der Waals surface area contributed by atoms with Crippen LogP contribution in [-0.4, -0.2) is 55.5 Å². The number of hydrogen-bond acceptors (Lipinski definition) is 4. The fraction of sp³-hybridized carbons (Fsp3) is 0.875. The number of carbonyl (C=O) groups excluding carboxylic acids is 1. The summed E-state index contributed by atoms with van der Waals surface area (Å²) in [7, 11) is -2.94. The first-order valence-corrected chi connectivity index (χ1v) is 6.43. The molecule has 0 radical (unpaired) electrons. The molecule has 1 fully saturated rings. The molecule has 1 atom stereocenters. The van der Waals surface area contributed by atoms with Crippen LogP contribution >= 0.6 is 0 Å². The molecule has 0 unspecified atom stereocenters. The summed E-state index contributed by atoms with van der Waals surface area (Å²) in [5.41, 5.74) is 0. The Labute approximate surface area is 83.6 Å². The molecule has 1 aliphatic rings. The van der Waals surface area contributed by atoms with Crippen LogP contribution in [0.2, 0.25) is 0 Å². The maximum Gasteiger partial charge on any atom is 0.209 e. The van der Waals surface area contributed by atoms with Crippen LogP contribution in [0.15, 0.2) is 0 Å². The number of aliphatic hydroxyl groups is 1. The minimum Gasteiger partial charge on any atom is -0.396 e. The van der Waals surface area contributed by atoms with E-state index in [4.69, 9.17) is 5.11 Å². The molecule has 0 aliphatic carbocycles. The number of hydrogen-bond donors (Lipinski definition) is 1. The number of nitrogens with zero attached hydrogens (tertiary/aromatic N) is 1. The van der Waals surface area contributed by atoms with Crippen molar-refractivity contribution in [2.24, 2.45) is 0 Å². The molecule has 6 heteroatoms. The smallest absolute Gasteiger partial charge is 0.209 e. The lowest BCUT2D eigenvalue weighted by atomic mass is 10.2. The van der Waals surface area contributed by atoms with Crippen LogP contribution in [0.4, 0.5) is 0 Å². The fourth-order valence-corrected chi connectivity index (χ4v) is 3.35. The molecule has 1 rings (SSSR count). The van der Waals surface area contributed by atoms with E-state index in [0.29, 0.717) is 25.8 Å². The molecular weight excluding hydrogens is 206 g/mol. The van der Waals surface area contributed by atoms with Crippen LogP contribution in [0.5, 0.6) is 0 Å². The van der Waals surface area contributed by atoms with Gasteiger partial charge in [-0.3, -0.25) is 4.79 Å². The van der Waals surface area contributed by atoms with Crippen LogP contribution < -0.4 is 0 Å². The van der Waals surface area contributed by atoms with Gasteiger partial charge in [-0.25, -0.2) is 8.42 Å². The van der Waals surface area contributed by atoms with Gasteiger partial charge >= 0.3 is 0 Å². The summed E-state index contributed by atoms with van der Waals surface area (Å²) >= 11 is 0. The van der Waals surface area contributed by atoms with Crippen LogP contribution in [0.1, 0.15) is 12.8 Å². The summed E-state index contributed by atoms with van der Waals surface area (Å²) < 4.78 is 22.3. The van der Waals surface area contributed by atoms with Gasteiger partial charge < -0.3 is 10.0 Å². The monoisotopic (exact) mass is 221 g/mol. The van der Waals surface area contributed by atoms with E-state index in [9.17, 15) is 13.2 Å². The molecule has 82 valence electrons. The first-order valence-electron chi connectivity index (χ1n) is 4.61. The standard InChI is InChI=1S/C8H15NO4S/c10-4-1-3-9(7-11)8-2-5-14(12,13)6-8/h7-8,10H,1-6H2/t8-/m1/s1. The van der Waals surface area contributed by atoms with Gasteiger partial charge in [0.05, 0.1) is 11.5 Å². The Balaban J connectivity index is 2.50. The van der Waals surface area contributed by atoms with Gasteiger partial charge in [-0.15, -0.1) is 0 Å². The van der Waals surface area contributed by atoms with E-state index in [0.717, 1.165) is 0 Å². The highest BCUT2D eigenvalue weighted by Crippen LogP contribution is 2.16. The van der Waals surface area contributed by atoms with Gasteiger partial charge in [0.1, 0.15) is 0 Å². The van der Waals surface area contributed by atoms with Crippen molar-refractivity contribution in [1.82, 2.24) is 4.90 Å². The molecule has 1 aliphatic heterocycles. The molecule has 0 aromatic heterocycles. The van der Waals surface area contributed by atoms with Crippen molar-refractivity contribution < 1.29 is 18.3 Å². The summed E-state index contributed by atoms with van der Waals surface area (Å²) in [6.07, 6.45) is 1.68. The van der Waals surface area contributed by atoms with Gasteiger partial charge in [0.15, 0.2) is 9.84 Å². The molecule has 1 heterocycles. The molecule has 0 spiro atoms. The first-order chi connectivity index (χ1) is 6.59. The second-order valence-electron chi connectivity index (χ2n) is 3.48. The fourth-order valence-electron chi connectivity index (χ4n) is 1.61. The van der Waals surface area contributed by atoms with Crippen LogP contribution in [0, 0.1) is 0 Å². The molecule has 5 nitrogen and oxygen atoms in total. The van der Waals surface area contributed by atoms with E-state index < -0.39 is 9.84 Å². The quantitative estimate of drug-likeness (QED) is 0.605. The van der Waals surface area contributed by atoms with Crippen molar-refractivity contribution in [3.63, 3.8) is 0 Å². The molecule has 1 amide bonds. The van der Waals surface area contributed by atoms with E-state index in [1.165, 1.54) is 4.90 Å². The molecule has 1 N–H and O–H groups in total. The summed E-state index contributed by atoms with van der Waals surface area (Å²) in [5, 5.41) is 8.60. The van der Waals surface area contributed by atoms with Gasteiger partial charge in [0, 0.05) is 19.2 Å². The zero-order chi connectivity index (χ0) is 10.6. The summed E-state index contributed by atoms with van der Waals surface area (Å²) in [6, 6.07) is -0.191. The lowest BCUT2D eigenvalue weighted by Crippen LogP contribution is -2.36. The van der Waals surface area contributed by atoms with Crippen molar-refractivity contribution >= 4 is 16.2 Å². The third kappa shape index (κ3) is 2.95. The molecule has 0 bridgehead atoms. The molecule has 0 aromatic rings. The maximum atomic E-state index is 11.1.